The number of nitrogens with zero attached hydrogens (tertiary/aromatic N) is 2. The zero-order valence-corrected chi connectivity index (χ0v) is 12.7. The fourth-order valence-corrected chi connectivity index (χ4v) is 2.96. The van der Waals surface area contributed by atoms with E-state index in [0.717, 1.165) is 0 Å². The molecule has 0 spiro atoms. The quantitative estimate of drug-likeness (QED) is 0.761. The minimum absolute atomic E-state index is 0.0859. The van der Waals surface area contributed by atoms with E-state index in [9.17, 15) is 14.4 Å². The van der Waals surface area contributed by atoms with Crippen LogP contribution in [0.2, 0.25) is 0 Å². The lowest BCUT2D eigenvalue weighted by Crippen LogP contribution is -2.49. The van der Waals surface area contributed by atoms with E-state index < -0.39 is 0 Å². The molecule has 2 rings (SSSR count). The first-order chi connectivity index (χ1) is 9.88. The number of primary amides is 1. The number of hydrogen-bond acceptors (Lipinski definition) is 3. The third-order valence-corrected chi connectivity index (χ3v) is 4.29. The molecule has 1 atom stereocenters. The molecule has 7 heteroatoms. The van der Waals surface area contributed by atoms with E-state index >= 15 is 0 Å². The summed E-state index contributed by atoms with van der Waals surface area (Å²) in [5.41, 5.74) is 5.28. The molecule has 2 saturated heterocycles. The van der Waals surface area contributed by atoms with Crippen molar-refractivity contribution in [1.82, 2.24) is 15.1 Å². The Morgan fingerprint density at radius 2 is 1.90 bits per heavy atom. The van der Waals surface area contributed by atoms with Gasteiger partial charge in [-0.2, -0.15) is 0 Å². The van der Waals surface area contributed by atoms with Gasteiger partial charge in [0.25, 0.3) is 0 Å². The second-order valence-corrected chi connectivity index (χ2v) is 6.15. The van der Waals surface area contributed by atoms with Gasteiger partial charge in [-0.1, -0.05) is 0 Å². The van der Waals surface area contributed by atoms with Crippen molar-refractivity contribution in [2.24, 2.45) is 11.7 Å². The van der Waals surface area contributed by atoms with E-state index in [1.165, 1.54) is 0 Å². The Balaban J connectivity index is 1.81. The van der Waals surface area contributed by atoms with Crippen LogP contribution < -0.4 is 11.1 Å². The maximum absolute atomic E-state index is 12.2. The van der Waals surface area contributed by atoms with E-state index in [0.29, 0.717) is 38.9 Å². The van der Waals surface area contributed by atoms with Gasteiger partial charge in [0.05, 0.1) is 6.04 Å². The largest absolute Gasteiger partial charge is 0.369 e. The average Bonchev–Trinajstić information content (AvgIpc) is 2.79. The van der Waals surface area contributed by atoms with Crippen molar-refractivity contribution in [2.45, 2.75) is 45.2 Å². The van der Waals surface area contributed by atoms with Crippen LogP contribution in [0.5, 0.6) is 0 Å². The van der Waals surface area contributed by atoms with Crippen molar-refractivity contribution in [2.75, 3.05) is 19.6 Å². The van der Waals surface area contributed by atoms with E-state index in [-0.39, 0.29) is 35.8 Å². The summed E-state index contributed by atoms with van der Waals surface area (Å²) < 4.78 is 0. The molecule has 3 N–H and O–H groups in total. The van der Waals surface area contributed by atoms with Crippen molar-refractivity contribution >= 4 is 17.8 Å². The molecule has 2 fully saturated rings. The first-order valence-corrected chi connectivity index (χ1v) is 7.52. The molecule has 21 heavy (non-hydrogen) atoms. The smallest absolute Gasteiger partial charge is 0.317 e. The lowest BCUT2D eigenvalue weighted by Gasteiger charge is -2.31. The third-order valence-electron chi connectivity index (χ3n) is 4.29. The van der Waals surface area contributed by atoms with Gasteiger partial charge in [0.2, 0.25) is 11.8 Å². The van der Waals surface area contributed by atoms with E-state index in [4.69, 9.17) is 5.73 Å². The monoisotopic (exact) mass is 296 g/mol. The zero-order chi connectivity index (χ0) is 15.6. The molecule has 0 radical (unpaired) electrons. The molecule has 0 saturated carbocycles. The number of carbonyl (C=O) groups is 3. The lowest BCUT2D eigenvalue weighted by atomic mass is 9.96. The molecule has 2 heterocycles. The second-order valence-electron chi connectivity index (χ2n) is 6.15. The van der Waals surface area contributed by atoms with E-state index in [1.54, 1.807) is 9.80 Å². The van der Waals surface area contributed by atoms with Crippen LogP contribution in [0.3, 0.4) is 0 Å². The molecular weight excluding hydrogens is 272 g/mol. The fraction of sp³-hybridized carbons (Fsp3) is 0.786. The maximum Gasteiger partial charge on any atom is 0.317 e. The number of piperidine rings is 1. The summed E-state index contributed by atoms with van der Waals surface area (Å²) in [7, 11) is 0. The SMILES string of the molecule is CC(C)N1CC(NC(=O)N2CCC(C(N)=O)CC2)CC1=O. The van der Waals surface area contributed by atoms with Crippen molar-refractivity contribution in [1.29, 1.82) is 0 Å². The van der Waals surface area contributed by atoms with E-state index in [1.807, 2.05) is 13.8 Å². The molecule has 0 aliphatic carbocycles. The maximum atomic E-state index is 12.2. The molecule has 0 aromatic heterocycles. The molecule has 1 unspecified atom stereocenters. The minimum Gasteiger partial charge on any atom is -0.369 e. The van der Waals surface area contributed by atoms with Crippen LogP contribution in [0.4, 0.5) is 4.79 Å². The fourth-order valence-electron chi connectivity index (χ4n) is 2.96. The number of carbonyl (C=O) groups excluding carboxylic acids is 3. The predicted molar refractivity (Wildman–Crippen MR) is 77.3 cm³/mol. The molecular formula is C14H24N4O3. The Morgan fingerprint density at radius 3 is 2.38 bits per heavy atom. The average molecular weight is 296 g/mol. The number of nitrogens with one attached hydrogen (secondary N) is 1. The van der Waals surface area contributed by atoms with E-state index in [2.05, 4.69) is 5.32 Å². The van der Waals surface area contributed by atoms with Crippen molar-refractivity contribution in [3.63, 3.8) is 0 Å². The summed E-state index contributed by atoms with van der Waals surface area (Å²) in [6.07, 6.45) is 1.59. The highest BCUT2D eigenvalue weighted by Crippen LogP contribution is 2.18. The van der Waals surface area contributed by atoms with Crippen LogP contribution in [0.15, 0.2) is 0 Å². The molecule has 7 nitrogen and oxygen atoms in total. The molecule has 2 aliphatic heterocycles. The molecule has 2 aliphatic rings. The van der Waals surface area contributed by atoms with Crippen LogP contribution in [0.25, 0.3) is 0 Å². The number of likely N-dealkylation sites (tertiary alicyclic amines) is 2. The third kappa shape index (κ3) is 3.65. The zero-order valence-electron chi connectivity index (χ0n) is 12.7. The lowest BCUT2D eigenvalue weighted by molar-refractivity contribution is -0.129. The van der Waals surface area contributed by atoms with Gasteiger partial charge in [-0.05, 0) is 26.7 Å². The van der Waals surface area contributed by atoms with Gasteiger partial charge in [0, 0.05) is 38.0 Å². The summed E-state index contributed by atoms with van der Waals surface area (Å²) in [4.78, 5) is 38.6. The summed E-state index contributed by atoms with van der Waals surface area (Å²) in [6.45, 7) is 5.58. The van der Waals surface area contributed by atoms with Crippen LogP contribution in [-0.2, 0) is 9.59 Å². The van der Waals surface area contributed by atoms with Crippen LogP contribution >= 0.6 is 0 Å². The summed E-state index contributed by atoms with van der Waals surface area (Å²) in [5, 5.41) is 2.92. The van der Waals surface area contributed by atoms with Gasteiger partial charge < -0.3 is 20.9 Å². The minimum atomic E-state index is -0.288. The number of nitrogens with two attached hydrogens (primary N) is 1. The summed E-state index contributed by atoms with van der Waals surface area (Å²) in [5.74, 6) is -0.328. The van der Waals surface area contributed by atoms with Crippen molar-refractivity contribution in [3.8, 4) is 0 Å². The molecule has 0 aromatic carbocycles. The van der Waals surface area contributed by atoms with Gasteiger partial charge in [-0.3, -0.25) is 9.59 Å². The molecule has 118 valence electrons. The first-order valence-electron chi connectivity index (χ1n) is 7.52. The van der Waals surface area contributed by atoms with Crippen molar-refractivity contribution in [3.05, 3.63) is 0 Å². The highest BCUT2D eigenvalue weighted by molar-refractivity contribution is 5.82. The normalized spacial score (nSPS) is 23.8. The molecule has 0 aromatic rings. The Bertz CT molecular complexity index is 430. The highest BCUT2D eigenvalue weighted by Gasteiger charge is 2.33. The van der Waals surface area contributed by atoms with Crippen LogP contribution in [0, 0.1) is 5.92 Å². The van der Waals surface area contributed by atoms with Gasteiger partial charge in [0.15, 0.2) is 0 Å². The Morgan fingerprint density at radius 1 is 1.29 bits per heavy atom. The number of hydrogen-bond donors (Lipinski definition) is 2. The Hall–Kier alpha value is -1.79. The van der Waals surface area contributed by atoms with Crippen LogP contribution in [-0.4, -0.2) is 59.4 Å². The predicted octanol–water partition coefficient (Wildman–Crippen LogP) is -0.0974. The Labute approximate surface area is 124 Å². The standard InChI is InChI=1S/C14H24N4O3/c1-9(2)18-8-11(7-12(18)19)16-14(21)17-5-3-10(4-6-17)13(15)20/h9-11H,3-8H2,1-2H3,(H2,15,20)(H,16,21). The topological polar surface area (TPSA) is 95.7 Å². The molecule has 0 bridgehead atoms. The van der Waals surface area contributed by atoms with Gasteiger partial charge in [-0.25, -0.2) is 4.79 Å². The Kier molecular flexibility index (Phi) is 4.69. The first kappa shape index (κ1) is 15.6. The number of rotatable bonds is 3. The van der Waals surface area contributed by atoms with Gasteiger partial charge in [0.1, 0.15) is 0 Å². The second kappa shape index (κ2) is 6.32. The van der Waals surface area contributed by atoms with Crippen LogP contribution in [0.1, 0.15) is 33.1 Å². The van der Waals surface area contributed by atoms with Gasteiger partial charge in [-0.15, -0.1) is 0 Å². The van der Waals surface area contributed by atoms with Gasteiger partial charge >= 0.3 is 6.03 Å². The number of urea groups is 1. The highest BCUT2D eigenvalue weighted by atomic mass is 16.2. The summed E-state index contributed by atoms with van der Waals surface area (Å²) in [6, 6.07) is -0.117. The number of amides is 4. The summed E-state index contributed by atoms with van der Waals surface area (Å²) >= 11 is 0. The van der Waals surface area contributed by atoms with Crippen molar-refractivity contribution < 1.29 is 14.4 Å². The molecule has 4 amide bonds.